The fourth-order valence-electron chi connectivity index (χ4n) is 5.26. The number of hydrogen-bond donors (Lipinski definition) is 0. The molecule has 2 aromatic rings. The van der Waals surface area contributed by atoms with Crippen molar-refractivity contribution in [3.8, 4) is 0 Å². The van der Waals surface area contributed by atoms with Crippen molar-refractivity contribution in [2.24, 2.45) is 4.99 Å². The number of carbonyl (C=O) groups is 1. The molecular weight excluding hydrogens is 446 g/mol. The van der Waals surface area contributed by atoms with Gasteiger partial charge in [-0.25, -0.2) is 4.99 Å². The van der Waals surface area contributed by atoms with Gasteiger partial charge in [0.25, 0.3) is 5.91 Å². The third-order valence-electron chi connectivity index (χ3n) is 7.08. The maximum absolute atomic E-state index is 13.8. The van der Waals surface area contributed by atoms with Crippen LogP contribution in [0, 0.1) is 6.92 Å². The fraction of sp³-hybridized carbons (Fsp3) is 0.429. The number of aliphatic imine (C=N–C) groups is 1. The van der Waals surface area contributed by atoms with Gasteiger partial charge in [0.1, 0.15) is 11.5 Å². The van der Waals surface area contributed by atoms with E-state index in [1.807, 2.05) is 35.2 Å². The summed E-state index contributed by atoms with van der Waals surface area (Å²) in [5, 5.41) is 0.706. The summed E-state index contributed by atoms with van der Waals surface area (Å²) in [5.41, 5.74) is 3.83. The molecule has 1 amide bonds. The molecule has 34 heavy (non-hydrogen) atoms. The summed E-state index contributed by atoms with van der Waals surface area (Å²) in [7, 11) is 0. The molecule has 0 N–H and O–H groups in total. The van der Waals surface area contributed by atoms with E-state index >= 15 is 0 Å². The smallest absolute Gasteiger partial charge is 0.278 e. The van der Waals surface area contributed by atoms with E-state index < -0.39 is 0 Å². The molecule has 2 aliphatic heterocycles. The standard InChI is InChI=1S/C28H32ClN3O2/c1-20-7-9-21(10-8-20)19-25-28(33)32(24-5-3-2-4-6-24)27(30-25)26(31-15-17-34-18-16-31)22-11-13-23(29)14-12-22/h7-14,19,24,26H,2-6,15-18H2,1H3/b25-19-. The molecule has 178 valence electrons. The maximum atomic E-state index is 13.8. The molecule has 5 nitrogen and oxygen atoms in total. The maximum Gasteiger partial charge on any atom is 0.278 e. The van der Waals surface area contributed by atoms with E-state index in [9.17, 15) is 4.79 Å². The first-order valence-corrected chi connectivity index (χ1v) is 12.8. The second kappa shape index (κ2) is 10.4. The van der Waals surface area contributed by atoms with Gasteiger partial charge in [0.2, 0.25) is 0 Å². The summed E-state index contributed by atoms with van der Waals surface area (Å²) in [6.07, 6.45) is 7.53. The van der Waals surface area contributed by atoms with Crippen LogP contribution in [0.2, 0.25) is 5.02 Å². The Kier molecular flexibility index (Phi) is 7.14. The summed E-state index contributed by atoms with van der Waals surface area (Å²) in [4.78, 5) is 23.3. The predicted molar refractivity (Wildman–Crippen MR) is 137 cm³/mol. The Morgan fingerprint density at radius 2 is 1.68 bits per heavy atom. The summed E-state index contributed by atoms with van der Waals surface area (Å²) in [6, 6.07) is 16.3. The van der Waals surface area contributed by atoms with E-state index in [2.05, 4.69) is 36.1 Å². The molecule has 0 aromatic heterocycles. The van der Waals surface area contributed by atoms with Crippen molar-refractivity contribution in [2.45, 2.75) is 51.1 Å². The molecule has 3 aliphatic rings. The van der Waals surface area contributed by atoms with Crippen molar-refractivity contribution >= 4 is 29.4 Å². The third-order valence-corrected chi connectivity index (χ3v) is 7.33. The van der Waals surface area contributed by atoms with E-state index in [4.69, 9.17) is 21.3 Å². The van der Waals surface area contributed by atoms with Gasteiger partial charge in [-0.05, 0) is 49.1 Å². The van der Waals surface area contributed by atoms with Gasteiger partial charge >= 0.3 is 0 Å². The molecule has 1 unspecified atom stereocenters. The second-order valence-electron chi connectivity index (χ2n) is 9.48. The van der Waals surface area contributed by atoms with Crippen LogP contribution in [0.4, 0.5) is 0 Å². The Morgan fingerprint density at radius 3 is 2.35 bits per heavy atom. The summed E-state index contributed by atoms with van der Waals surface area (Å²) < 4.78 is 5.65. The van der Waals surface area contributed by atoms with Crippen molar-refractivity contribution in [1.29, 1.82) is 0 Å². The lowest BCUT2D eigenvalue weighted by atomic mass is 9.92. The van der Waals surface area contributed by atoms with Crippen molar-refractivity contribution in [2.75, 3.05) is 26.3 Å². The number of nitrogens with zero attached hydrogens (tertiary/aromatic N) is 3. The van der Waals surface area contributed by atoms with Crippen LogP contribution in [-0.2, 0) is 9.53 Å². The molecule has 5 rings (SSSR count). The van der Waals surface area contributed by atoms with Gasteiger partial charge in [-0.15, -0.1) is 0 Å². The topological polar surface area (TPSA) is 45.1 Å². The van der Waals surface area contributed by atoms with Crippen LogP contribution in [0.5, 0.6) is 0 Å². The third kappa shape index (κ3) is 4.97. The zero-order chi connectivity index (χ0) is 23.5. The average molecular weight is 478 g/mol. The number of halogens is 1. The van der Waals surface area contributed by atoms with Crippen molar-refractivity contribution in [1.82, 2.24) is 9.80 Å². The Hall–Kier alpha value is -2.47. The lowest BCUT2D eigenvalue weighted by Crippen LogP contribution is -2.50. The fourth-order valence-corrected chi connectivity index (χ4v) is 5.38. The minimum Gasteiger partial charge on any atom is -0.379 e. The van der Waals surface area contributed by atoms with E-state index in [0.717, 1.165) is 55.7 Å². The van der Waals surface area contributed by atoms with Crippen molar-refractivity contribution in [3.63, 3.8) is 0 Å². The molecule has 1 atom stereocenters. The van der Waals surface area contributed by atoms with Crippen LogP contribution in [-0.4, -0.2) is 53.9 Å². The summed E-state index contributed by atoms with van der Waals surface area (Å²) in [5.74, 6) is 0.870. The number of amidine groups is 1. The van der Waals surface area contributed by atoms with Gasteiger partial charge < -0.3 is 4.74 Å². The number of benzene rings is 2. The quantitative estimate of drug-likeness (QED) is 0.524. The molecule has 2 fully saturated rings. The van der Waals surface area contributed by atoms with E-state index in [1.54, 1.807) is 0 Å². The van der Waals surface area contributed by atoms with Gasteiger partial charge in [-0.3, -0.25) is 14.6 Å². The number of amides is 1. The SMILES string of the molecule is Cc1ccc(/C=C2\N=C(C(c3ccc(Cl)cc3)N3CCOCC3)N(C3CCCCC3)C2=O)cc1. The molecule has 0 bridgehead atoms. The number of ether oxygens (including phenoxy) is 1. The van der Waals surface area contributed by atoms with Crippen molar-refractivity contribution in [3.05, 3.63) is 75.9 Å². The van der Waals surface area contributed by atoms with Gasteiger partial charge in [0.05, 0.1) is 19.3 Å². The van der Waals surface area contributed by atoms with Crippen LogP contribution in [0.15, 0.2) is 59.2 Å². The Labute approximate surface area is 207 Å². The number of hydrogen-bond acceptors (Lipinski definition) is 4. The molecule has 2 aromatic carbocycles. The first-order valence-electron chi connectivity index (χ1n) is 12.4. The normalized spacial score (nSPS) is 22.3. The predicted octanol–water partition coefficient (Wildman–Crippen LogP) is 5.64. The van der Waals surface area contributed by atoms with Gasteiger partial charge in [0, 0.05) is 24.2 Å². The minimum atomic E-state index is -0.115. The molecule has 1 aliphatic carbocycles. The van der Waals surface area contributed by atoms with Crippen LogP contribution in [0.25, 0.3) is 6.08 Å². The number of rotatable bonds is 5. The number of carbonyl (C=O) groups excluding carboxylic acids is 1. The van der Waals surface area contributed by atoms with Gasteiger partial charge in [-0.2, -0.15) is 0 Å². The lowest BCUT2D eigenvalue weighted by molar-refractivity contribution is -0.124. The van der Waals surface area contributed by atoms with E-state index in [1.165, 1.54) is 12.0 Å². The molecule has 2 heterocycles. The van der Waals surface area contributed by atoms with Gasteiger partial charge in [0.15, 0.2) is 0 Å². The highest BCUT2D eigenvalue weighted by Gasteiger charge is 2.42. The number of aryl methyl sites for hydroxylation is 1. The van der Waals surface area contributed by atoms with Crippen LogP contribution in [0.1, 0.15) is 54.8 Å². The largest absolute Gasteiger partial charge is 0.379 e. The Balaban J connectivity index is 1.59. The summed E-state index contributed by atoms with van der Waals surface area (Å²) in [6.45, 7) is 5.03. The van der Waals surface area contributed by atoms with Gasteiger partial charge in [-0.1, -0.05) is 72.8 Å². The van der Waals surface area contributed by atoms with Crippen LogP contribution < -0.4 is 0 Å². The zero-order valence-electron chi connectivity index (χ0n) is 19.8. The van der Waals surface area contributed by atoms with Crippen LogP contribution >= 0.6 is 11.6 Å². The molecule has 0 spiro atoms. The zero-order valence-corrected chi connectivity index (χ0v) is 20.5. The number of morpholine rings is 1. The molecule has 1 saturated heterocycles. The highest BCUT2D eigenvalue weighted by Crippen LogP contribution is 2.35. The minimum absolute atomic E-state index is 0.0229. The molecule has 0 radical (unpaired) electrons. The Bertz CT molecular complexity index is 1070. The second-order valence-corrected chi connectivity index (χ2v) is 9.92. The molecule has 6 heteroatoms. The van der Waals surface area contributed by atoms with Crippen molar-refractivity contribution < 1.29 is 9.53 Å². The van der Waals surface area contributed by atoms with Crippen LogP contribution in [0.3, 0.4) is 0 Å². The molecule has 1 saturated carbocycles. The molecular formula is C28H32ClN3O2. The lowest BCUT2D eigenvalue weighted by Gasteiger charge is -2.39. The summed E-state index contributed by atoms with van der Waals surface area (Å²) >= 11 is 6.22. The highest BCUT2D eigenvalue weighted by molar-refractivity contribution is 6.30. The highest BCUT2D eigenvalue weighted by atomic mass is 35.5. The average Bonchev–Trinajstić information content (AvgIpc) is 3.18. The van der Waals surface area contributed by atoms with E-state index in [-0.39, 0.29) is 18.0 Å². The monoisotopic (exact) mass is 477 g/mol. The first kappa shape index (κ1) is 23.3. The van der Waals surface area contributed by atoms with E-state index in [0.29, 0.717) is 23.9 Å². The Morgan fingerprint density at radius 1 is 1.00 bits per heavy atom. The first-order chi connectivity index (χ1) is 16.6.